The van der Waals surface area contributed by atoms with E-state index in [1.165, 1.54) is 0 Å². The molecule has 1 aliphatic rings. The quantitative estimate of drug-likeness (QED) is 0.771. The Morgan fingerprint density at radius 3 is 2.92 bits per heavy atom. The van der Waals surface area contributed by atoms with Gasteiger partial charge in [0.1, 0.15) is 24.2 Å². The lowest BCUT2D eigenvalue weighted by molar-refractivity contribution is 0.320. The summed E-state index contributed by atoms with van der Waals surface area (Å²) in [5, 5.41) is 9.56. The standard InChI is InChI=1S/C18H17ClFN3O/c1-12-8-15-16(9-20)13(10-21)2-4-17(15)23(12)6-7-24-14-3-5-18(19)22-11-14/h2-5,11-12H,6-9H2,1H3. The van der Waals surface area contributed by atoms with E-state index in [0.717, 1.165) is 17.7 Å². The molecule has 0 bridgehead atoms. The molecular weight excluding hydrogens is 329 g/mol. The minimum atomic E-state index is -0.612. The van der Waals surface area contributed by atoms with Gasteiger partial charge in [-0.2, -0.15) is 5.26 Å². The zero-order chi connectivity index (χ0) is 17.1. The van der Waals surface area contributed by atoms with Crippen molar-refractivity contribution in [3.8, 4) is 11.8 Å². The molecule has 0 saturated heterocycles. The number of ether oxygens (including phenoxy) is 1. The largest absolute Gasteiger partial charge is 0.490 e. The summed E-state index contributed by atoms with van der Waals surface area (Å²) in [5.74, 6) is 0.663. The number of hydrogen-bond acceptors (Lipinski definition) is 4. The van der Waals surface area contributed by atoms with E-state index >= 15 is 0 Å². The van der Waals surface area contributed by atoms with Crippen LogP contribution in [0, 0.1) is 11.3 Å². The first-order valence-electron chi connectivity index (χ1n) is 7.76. The number of hydrogen-bond donors (Lipinski definition) is 0. The number of alkyl halides is 1. The van der Waals surface area contributed by atoms with Gasteiger partial charge < -0.3 is 9.64 Å². The van der Waals surface area contributed by atoms with Crippen LogP contribution in [0.4, 0.5) is 10.1 Å². The molecule has 0 aliphatic carbocycles. The van der Waals surface area contributed by atoms with Gasteiger partial charge in [0.2, 0.25) is 0 Å². The number of benzene rings is 1. The first-order valence-corrected chi connectivity index (χ1v) is 8.13. The van der Waals surface area contributed by atoms with Crippen molar-refractivity contribution in [3.63, 3.8) is 0 Å². The third-order valence-corrected chi connectivity index (χ3v) is 4.53. The average Bonchev–Trinajstić information content (AvgIpc) is 2.91. The summed E-state index contributed by atoms with van der Waals surface area (Å²) in [4.78, 5) is 6.17. The van der Waals surface area contributed by atoms with Crippen molar-refractivity contribution >= 4 is 17.3 Å². The molecule has 124 valence electrons. The highest BCUT2D eigenvalue weighted by molar-refractivity contribution is 6.29. The maximum Gasteiger partial charge on any atom is 0.137 e. The second-order valence-corrected chi connectivity index (χ2v) is 6.13. The number of pyridine rings is 1. The van der Waals surface area contributed by atoms with Crippen LogP contribution in [0.25, 0.3) is 0 Å². The summed E-state index contributed by atoms with van der Waals surface area (Å²) in [6.07, 6.45) is 2.33. The normalized spacial score (nSPS) is 15.9. The summed E-state index contributed by atoms with van der Waals surface area (Å²) in [7, 11) is 0. The van der Waals surface area contributed by atoms with Gasteiger partial charge in [-0.15, -0.1) is 0 Å². The maximum absolute atomic E-state index is 13.4. The molecule has 0 radical (unpaired) electrons. The summed E-state index contributed by atoms with van der Waals surface area (Å²) in [5.41, 5.74) is 2.88. The van der Waals surface area contributed by atoms with Crippen molar-refractivity contribution in [1.29, 1.82) is 5.26 Å². The molecule has 0 fully saturated rings. The average molecular weight is 346 g/mol. The van der Waals surface area contributed by atoms with Gasteiger partial charge in [-0.1, -0.05) is 11.6 Å². The Labute approximate surface area is 145 Å². The molecule has 1 aromatic heterocycles. The Bertz CT molecular complexity index is 773. The van der Waals surface area contributed by atoms with Gasteiger partial charge in [0.25, 0.3) is 0 Å². The molecule has 0 N–H and O–H groups in total. The van der Waals surface area contributed by atoms with Crippen molar-refractivity contribution in [1.82, 2.24) is 4.98 Å². The Morgan fingerprint density at radius 1 is 1.42 bits per heavy atom. The van der Waals surface area contributed by atoms with E-state index in [4.69, 9.17) is 21.6 Å². The lowest BCUT2D eigenvalue weighted by atomic mass is 9.99. The second-order valence-electron chi connectivity index (χ2n) is 5.75. The SMILES string of the molecule is CC1Cc2c(ccc(C#N)c2CF)N1CCOc1ccc(Cl)nc1. The Morgan fingerprint density at radius 2 is 2.25 bits per heavy atom. The Balaban J connectivity index is 1.72. The summed E-state index contributed by atoms with van der Waals surface area (Å²) in [6, 6.07) is 9.37. The first-order chi connectivity index (χ1) is 11.6. The number of fused-ring (bicyclic) bond motifs is 1. The molecule has 0 spiro atoms. The van der Waals surface area contributed by atoms with Crippen LogP contribution < -0.4 is 9.64 Å². The molecule has 4 nitrogen and oxygen atoms in total. The Kier molecular flexibility index (Phi) is 4.86. The topological polar surface area (TPSA) is 49.2 Å². The van der Waals surface area contributed by atoms with E-state index in [0.29, 0.717) is 35.2 Å². The lowest BCUT2D eigenvalue weighted by Crippen LogP contribution is -2.33. The smallest absolute Gasteiger partial charge is 0.137 e. The monoisotopic (exact) mass is 345 g/mol. The van der Waals surface area contributed by atoms with Crippen molar-refractivity contribution < 1.29 is 9.13 Å². The highest BCUT2D eigenvalue weighted by atomic mass is 35.5. The molecule has 0 saturated carbocycles. The third kappa shape index (κ3) is 3.15. The van der Waals surface area contributed by atoms with Crippen molar-refractivity contribution in [2.45, 2.75) is 26.1 Å². The Hall–Kier alpha value is -2.32. The van der Waals surface area contributed by atoms with Crippen LogP contribution in [0.1, 0.15) is 23.6 Å². The van der Waals surface area contributed by atoms with Crippen LogP contribution in [0.15, 0.2) is 30.5 Å². The second kappa shape index (κ2) is 7.06. The van der Waals surface area contributed by atoms with Crippen LogP contribution in [0.5, 0.6) is 5.75 Å². The molecule has 3 rings (SSSR count). The molecule has 24 heavy (non-hydrogen) atoms. The summed E-state index contributed by atoms with van der Waals surface area (Å²) >= 11 is 5.75. The number of halogens is 2. The van der Waals surface area contributed by atoms with Crippen LogP contribution in [-0.4, -0.2) is 24.2 Å². The number of nitrogens with zero attached hydrogens (tertiary/aromatic N) is 3. The molecule has 1 unspecified atom stereocenters. The third-order valence-electron chi connectivity index (χ3n) is 4.30. The lowest BCUT2D eigenvalue weighted by Gasteiger charge is -2.25. The van der Waals surface area contributed by atoms with Gasteiger partial charge in [0.05, 0.1) is 24.4 Å². The van der Waals surface area contributed by atoms with Crippen molar-refractivity contribution in [3.05, 3.63) is 52.3 Å². The number of anilines is 1. The number of nitriles is 1. The van der Waals surface area contributed by atoms with Gasteiger partial charge in [-0.3, -0.25) is 0 Å². The van der Waals surface area contributed by atoms with Gasteiger partial charge in [0, 0.05) is 17.3 Å². The minimum absolute atomic E-state index is 0.242. The van der Waals surface area contributed by atoms with E-state index in [1.807, 2.05) is 6.07 Å². The fourth-order valence-electron chi connectivity index (χ4n) is 3.13. The molecule has 2 heterocycles. The molecule has 1 atom stereocenters. The molecule has 6 heteroatoms. The zero-order valence-electron chi connectivity index (χ0n) is 13.3. The van der Waals surface area contributed by atoms with Gasteiger partial charge in [0.15, 0.2) is 0 Å². The van der Waals surface area contributed by atoms with Gasteiger partial charge >= 0.3 is 0 Å². The summed E-state index contributed by atoms with van der Waals surface area (Å²) < 4.78 is 19.1. The molecule has 1 aromatic carbocycles. The number of rotatable bonds is 5. The van der Waals surface area contributed by atoms with Gasteiger partial charge in [-0.05, 0) is 43.2 Å². The minimum Gasteiger partial charge on any atom is -0.490 e. The summed E-state index contributed by atoms with van der Waals surface area (Å²) in [6.45, 7) is 2.64. The van der Waals surface area contributed by atoms with Crippen LogP contribution in [0.2, 0.25) is 5.15 Å². The molecule has 0 amide bonds. The van der Waals surface area contributed by atoms with E-state index in [-0.39, 0.29) is 6.04 Å². The maximum atomic E-state index is 13.4. The van der Waals surface area contributed by atoms with E-state index in [9.17, 15) is 4.39 Å². The first kappa shape index (κ1) is 16.5. The highest BCUT2D eigenvalue weighted by Crippen LogP contribution is 2.36. The highest BCUT2D eigenvalue weighted by Gasteiger charge is 2.29. The van der Waals surface area contributed by atoms with E-state index < -0.39 is 6.67 Å². The van der Waals surface area contributed by atoms with Crippen molar-refractivity contribution in [2.75, 3.05) is 18.1 Å². The van der Waals surface area contributed by atoms with Crippen LogP contribution >= 0.6 is 11.6 Å². The predicted molar refractivity (Wildman–Crippen MR) is 91.2 cm³/mol. The molecular formula is C18H17ClFN3O. The molecule has 2 aromatic rings. The van der Waals surface area contributed by atoms with Gasteiger partial charge in [-0.25, -0.2) is 9.37 Å². The van der Waals surface area contributed by atoms with Crippen LogP contribution in [0.3, 0.4) is 0 Å². The van der Waals surface area contributed by atoms with Crippen molar-refractivity contribution in [2.24, 2.45) is 0 Å². The zero-order valence-corrected chi connectivity index (χ0v) is 14.1. The van der Waals surface area contributed by atoms with E-state index in [2.05, 4.69) is 22.9 Å². The van der Waals surface area contributed by atoms with E-state index in [1.54, 1.807) is 24.4 Å². The number of aromatic nitrogens is 1. The fraction of sp³-hybridized carbons (Fsp3) is 0.333. The predicted octanol–water partition coefficient (Wildman–Crippen LogP) is 3.91. The van der Waals surface area contributed by atoms with Crippen LogP contribution in [-0.2, 0) is 13.1 Å². The molecule has 1 aliphatic heterocycles. The fourth-order valence-corrected chi connectivity index (χ4v) is 3.24.